The molecule has 1 aliphatic rings. The number of carbonyl (C=O) groups is 2. The van der Waals surface area contributed by atoms with Gasteiger partial charge in [-0.15, -0.1) is 0 Å². The van der Waals surface area contributed by atoms with Crippen LogP contribution in [-0.2, 0) is 9.59 Å². The minimum atomic E-state index is -1.26. The first-order valence-corrected chi connectivity index (χ1v) is 9.75. The normalized spacial score (nSPS) is 17.3. The van der Waals surface area contributed by atoms with Gasteiger partial charge in [-0.3, -0.25) is 19.5 Å². The van der Waals surface area contributed by atoms with Crippen molar-refractivity contribution in [3.05, 3.63) is 89.3 Å². The molecular weight excluding hydrogens is 434 g/mol. The summed E-state index contributed by atoms with van der Waals surface area (Å²) in [6.45, 7) is 0. The first kappa shape index (κ1) is 21.9. The second kappa shape index (κ2) is 8.70. The molecule has 9 heteroatoms. The fourth-order valence-corrected chi connectivity index (χ4v) is 3.74. The van der Waals surface area contributed by atoms with E-state index in [1.165, 1.54) is 38.7 Å². The van der Waals surface area contributed by atoms with Gasteiger partial charge in [0.2, 0.25) is 0 Å². The van der Waals surface area contributed by atoms with E-state index in [-0.39, 0.29) is 16.9 Å². The average molecular weight is 452 g/mol. The third-order valence-corrected chi connectivity index (χ3v) is 5.28. The zero-order valence-corrected chi connectivity index (χ0v) is 17.6. The Morgan fingerprint density at radius 3 is 2.52 bits per heavy atom. The number of halogens is 2. The van der Waals surface area contributed by atoms with Crippen LogP contribution in [0.25, 0.3) is 5.76 Å². The van der Waals surface area contributed by atoms with Crippen molar-refractivity contribution in [2.24, 2.45) is 0 Å². The van der Waals surface area contributed by atoms with Crippen molar-refractivity contribution in [2.75, 3.05) is 19.1 Å². The average Bonchev–Trinajstić information content (AvgIpc) is 3.10. The lowest BCUT2D eigenvalue weighted by Gasteiger charge is -2.25. The van der Waals surface area contributed by atoms with Crippen LogP contribution in [-0.4, -0.2) is 36.0 Å². The summed E-state index contributed by atoms with van der Waals surface area (Å²) in [6, 6.07) is 8.93. The maximum absolute atomic E-state index is 14.7. The van der Waals surface area contributed by atoms with Crippen molar-refractivity contribution in [1.82, 2.24) is 4.98 Å². The van der Waals surface area contributed by atoms with Gasteiger partial charge in [0.25, 0.3) is 11.7 Å². The number of carbonyl (C=O) groups excluding carboxylic acids is 2. The highest BCUT2D eigenvalue weighted by Gasteiger charge is 2.48. The number of hydrogen-bond acceptors (Lipinski definition) is 6. The molecule has 0 bridgehead atoms. The number of aliphatic hydroxyl groups excluding tert-OH is 1. The van der Waals surface area contributed by atoms with Crippen molar-refractivity contribution in [2.45, 2.75) is 6.04 Å². The molecule has 33 heavy (non-hydrogen) atoms. The summed E-state index contributed by atoms with van der Waals surface area (Å²) >= 11 is 0. The lowest BCUT2D eigenvalue weighted by molar-refractivity contribution is -0.132. The molecular formula is C24H18F2N2O5. The van der Waals surface area contributed by atoms with E-state index in [1.807, 2.05) is 0 Å². The van der Waals surface area contributed by atoms with Crippen LogP contribution in [0.1, 0.15) is 17.2 Å². The van der Waals surface area contributed by atoms with Crippen molar-refractivity contribution < 1.29 is 33.0 Å². The van der Waals surface area contributed by atoms with Gasteiger partial charge < -0.3 is 14.6 Å². The van der Waals surface area contributed by atoms with Crippen LogP contribution in [0.4, 0.5) is 14.5 Å². The van der Waals surface area contributed by atoms with Crippen molar-refractivity contribution in [3.8, 4) is 11.5 Å². The zero-order chi connectivity index (χ0) is 23.7. The predicted octanol–water partition coefficient (Wildman–Crippen LogP) is 4.00. The van der Waals surface area contributed by atoms with Gasteiger partial charge in [-0.2, -0.15) is 0 Å². The summed E-state index contributed by atoms with van der Waals surface area (Å²) in [4.78, 5) is 30.9. The van der Waals surface area contributed by atoms with E-state index in [4.69, 9.17) is 9.47 Å². The molecule has 2 heterocycles. The Labute approximate surface area is 187 Å². The Balaban J connectivity index is 1.98. The van der Waals surface area contributed by atoms with Crippen LogP contribution >= 0.6 is 0 Å². The molecule has 1 aliphatic heterocycles. The van der Waals surface area contributed by atoms with Crippen LogP contribution in [0.2, 0.25) is 0 Å². The summed E-state index contributed by atoms with van der Waals surface area (Å²) in [7, 11) is 2.82. The molecule has 1 amide bonds. The molecule has 7 nitrogen and oxygen atoms in total. The van der Waals surface area contributed by atoms with Crippen LogP contribution in [0.5, 0.6) is 11.5 Å². The molecule has 1 N–H and O–H groups in total. The molecule has 2 aromatic carbocycles. The van der Waals surface area contributed by atoms with Crippen LogP contribution in [0, 0.1) is 11.6 Å². The molecule has 168 valence electrons. The van der Waals surface area contributed by atoms with Crippen molar-refractivity contribution in [1.29, 1.82) is 0 Å². The number of amides is 1. The minimum Gasteiger partial charge on any atom is -0.507 e. The highest BCUT2D eigenvalue weighted by atomic mass is 19.1. The van der Waals surface area contributed by atoms with Gasteiger partial charge in [0.15, 0.2) is 0 Å². The van der Waals surface area contributed by atoms with E-state index >= 15 is 0 Å². The van der Waals surface area contributed by atoms with E-state index in [0.29, 0.717) is 11.3 Å². The highest BCUT2D eigenvalue weighted by molar-refractivity contribution is 6.51. The highest BCUT2D eigenvalue weighted by Crippen LogP contribution is 2.44. The number of rotatable bonds is 5. The van der Waals surface area contributed by atoms with E-state index in [2.05, 4.69) is 4.98 Å². The summed E-state index contributed by atoms with van der Waals surface area (Å²) in [5.41, 5.74) is -0.328. The molecule has 0 saturated carbocycles. The monoisotopic (exact) mass is 452 g/mol. The zero-order valence-electron chi connectivity index (χ0n) is 17.6. The van der Waals surface area contributed by atoms with Gasteiger partial charge in [-0.25, -0.2) is 8.78 Å². The number of aliphatic hydroxyl groups is 1. The first-order valence-electron chi connectivity index (χ1n) is 9.75. The number of ketones is 1. The first-order chi connectivity index (χ1) is 15.9. The molecule has 4 rings (SSSR count). The minimum absolute atomic E-state index is 0.116. The van der Waals surface area contributed by atoms with E-state index in [0.717, 1.165) is 23.1 Å². The Kier molecular flexibility index (Phi) is 5.78. The van der Waals surface area contributed by atoms with E-state index in [9.17, 15) is 23.5 Å². The number of hydrogen-bond donors (Lipinski definition) is 1. The predicted molar refractivity (Wildman–Crippen MR) is 115 cm³/mol. The number of Topliss-reactive ketones (excluding diaryl/α,β-unsaturated/α-hetero) is 1. The van der Waals surface area contributed by atoms with Gasteiger partial charge in [-0.1, -0.05) is 6.07 Å². The summed E-state index contributed by atoms with van der Waals surface area (Å²) in [6.07, 6.45) is 2.85. The molecule has 1 saturated heterocycles. The fraction of sp³-hybridized carbons (Fsp3) is 0.125. The van der Waals surface area contributed by atoms with Crippen molar-refractivity contribution >= 4 is 23.1 Å². The summed E-state index contributed by atoms with van der Waals surface area (Å²) in [5, 5.41) is 11.2. The van der Waals surface area contributed by atoms with Gasteiger partial charge in [0, 0.05) is 24.5 Å². The van der Waals surface area contributed by atoms with Crippen LogP contribution in [0.15, 0.2) is 66.5 Å². The number of pyridine rings is 1. The fourth-order valence-electron chi connectivity index (χ4n) is 3.74. The molecule has 3 aromatic rings. The number of nitrogens with zero attached hydrogens (tertiary/aromatic N) is 2. The second-order valence-corrected chi connectivity index (χ2v) is 7.12. The van der Waals surface area contributed by atoms with E-state index < -0.39 is 40.8 Å². The number of benzene rings is 2. The largest absolute Gasteiger partial charge is 0.507 e. The molecule has 1 unspecified atom stereocenters. The Bertz CT molecular complexity index is 1280. The smallest absolute Gasteiger partial charge is 0.300 e. The maximum atomic E-state index is 14.7. The van der Waals surface area contributed by atoms with Gasteiger partial charge >= 0.3 is 0 Å². The van der Waals surface area contributed by atoms with Crippen LogP contribution in [0.3, 0.4) is 0 Å². The molecule has 1 atom stereocenters. The Morgan fingerprint density at radius 1 is 1.06 bits per heavy atom. The summed E-state index contributed by atoms with van der Waals surface area (Å²) < 4.78 is 39.1. The number of aromatic nitrogens is 1. The number of ether oxygens (including phenoxy) is 2. The van der Waals surface area contributed by atoms with Gasteiger partial charge in [-0.05, 0) is 35.9 Å². The molecule has 0 spiro atoms. The molecule has 1 aromatic heterocycles. The Hall–Kier alpha value is -4.27. The lowest BCUT2D eigenvalue weighted by Crippen LogP contribution is -2.30. The molecule has 1 fully saturated rings. The molecule has 0 aliphatic carbocycles. The maximum Gasteiger partial charge on any atom is 0.300 e. The van der Waals surface area contributed by atoms with Crippen molar-refractivity contribution in [3.63, 3.8) is 0 Å². The van der Waals surface area contributed by atoms with E-state index in [1.54, 1.807) is 18.2 Å². The third kappa shape index (κ3) is 3.78. The van der Waals surface area contributed by atoms with Gasteiger partial charge in [0.1, 0.15) is 28.9 Å². The van der Waals surface area contributed by atoms with Crippen LogP contribution < -0.4 is 14.4 Å². The van der Waals surface area contributed by atoms with Gasteiger partial charge in [0.05, 0.1) is 37.1 Å². The quantitative estimate of drug-likeness (QED) is 0.358. The number of anilines is 1. The number of methoxy groups -OCH3 is 2. The molecule has 0 radical (unpaired) electrons. The lowest BCUT2D eigenvalue weighted by atomic mass is 9.95. The summed E-state index contributed by atoms with van der Waals surface area (Å²) in [5.74, 6) is -3.81. The standard InChI is InChI=1S/C24H18F2N2O5/c1-32-15-6-7-16(19(11-15)33-2)22(29)20-21(13-4-3-9-27-12-13)28(24(31)23(20)30)18-10-14(25)5-8-17(18)26/h3-12,21,29H,1-2H3/b22-20-. The topological polar surface area (TPSA) is 89.0 Å². The Morgan fingerprint density at radius 2 is 1.85 bits per heavy atom. The third-order valence-electron chi connectivity index (χ3n) is 5.28. The SMILES string of the molecule is COc1ccc(/C(O)=C2/C(=O)C(=O)N(c3cc(F)ccc3F)C2c2cccnc2)c(OC)c1. The second-order valence-electron chi connectivity index (χ2n) is 7.12.